The van der Waals surface area contributed by atoms with E-state index in [1.54, 1.807) is 0 Å². The monoisotopic (exact) mass is 129 g/mol. The highest BCUT2D eigenvalue weighted by atomic mass is 16.3. The van der Waals surface area contributed by atoms with Crippen molar-refractivity contribution in [1.29, 1.82) is 0 Å². The Kier molecular flexibility index (Phi) is 2.49. The standard InChI is InChI=1S/C7H15NO/c1-6(9)7-4-2-3-5-8-7/h6-9H,2-5H2,1H3/t6-,7+/m0/s1. The molecule has 1 fully saturated rings. The average Bonchev–Trinajstić information content (AvgIpc) is 1.90. The summed E-state index contributed by atoms with van der Waals surface area (Å²) < 4.78 is 0. The lowest BCUT2D eigenvalue weighted by atomic mass is 10.0. The van der Waals surface area contributed by atoms with E-state index in [9.17, 15) is 0 Å². The molecule has 1 saturated heterocycles. The molecular weight excluding hydrogens is 114 g/mol. The lowest BCUT2D eigenvalue weighted by Crippen LogP contribution is -2.41. The minimum absolute atomic E-state index is 0.176. The highest BCUT2D eigenvalue weighted by Gasteiger charge is 2.16. The molecule has 0 aliphatic carbocycles. The highest BCUT2D eigenvalue weighted by molar-refractivity contribution is 4.75. The van der Waals surface area contributed by atoms with Gasteiger partial charge in [0.1, 0.15) is 0 Å². The van der Waals surface area contributed by atoms with Gasteiger partial charge in [0.25, 0.3) is 0 Å². The first-order valence-corrected chi connectivity index (χ1v) is 3.72. The summed E-state index contributed by atoms with van der Waals surface area (Å²) >= 11 is 0. The first-order chi connectivity index (χ1) is 4.30. The van der Waals surface area contributed by atoms with Crippen LogP contribution in [0, 0.1) is 0 Å². The van der Waals surface area contributed by atoms with Crippen molar-refractivity contribution in [1.82, 2.24) is 5.32 Å². The van der Waals surface area contributed by atoms with Gasteiger partial charge in [-0.3, -0.25) is 0 Å². The molecule has 0 radical (unpaired) electrons. The second-order valence-electron chi connectivity index (χ2n) is 2.80. The fourth-order valence-corrected chi connectivity index (χ4v) is 1.29. The SMILES string of the molecule is C[C@H](O)[C@H]1CCCCN1. The molecule has 54 valence electrons. The molecule has 2 heteroatoms. The molecule has 0 aromatic rings. The van der Waals surface area contributed by atoms with Crippen LogP contribution in [0.25, 0.3) is 0 Å². The zero-order valence-electron chi connectivity index (χ0n) is 5.93. The van der Waals surface area contributed by atoms with E-state index < -0.39 is 0 Å². The van der Waals surface area contributed by atoms with Crippen LogP contribution in [-0.2, 0) is 0 Å². The quantitative estimate of drug-likeness (QED) is 0.540. The molecule has 0 unspecified atom stereocenters. The smallest absolute Gasteiger partial charge is 0.0665 e. The van der Waals surface area contributed by atoms with Gasteiger partial charge < -0.3 is 10.4 Å². The maximum absolute atomic E-state index is 9.11. The van der Waals surface area contributed by atoms with E-state index in [-0.39, 0.29) is 6.10 Å². The molecule has 0 saturated carbocycles. The van der Waals surface area contributed by atoms with Crippen molar-refractivity contribution in [3.63, 3.8) is 0 Å². The van der Waals surface area contributed by atoms with Crippen LogP contribution in [0.15, 0.2) is 0 Å². The predicted molar refractivity (Wildman–Crippen MR) is 37.3 cm³/mol. The zero-order valence-corrected chi connectivity index (χ0v) is 5.93. The second-order valence-corrected chi connectivity index (χ2v) is 2.80. The van der Waals surface area contributed by atoms with Gasteiger partial charge in [0, 0.05) is 6.04 Å². The fourth-order valence-electron chi connectivity index (χ4n) is 1.29. The number of hydrogen-bond acceptors (Lipinski definition) is 2. The summed E-state index contributed by atoms with van der Waals surface area (Å²) in [6.45, 7) is 2.93. The van der Waals surface area contributed by atoms with E-state index in [0.29, 0.717) is 6.04 Å². The summed E-state index contributed by atoms with van der Waals surface area (Å²) in [5.74, 6) is 0. The van der Waals surface area contributed by atoms with Crippen molar-refractivity contribution in [2.24, 2.45) is 0 Å². The van der Waals surface area contributed by atoms with Crippen molar-refractivity contribution in [3.8, 4) is 0 Å². The van der Waals surface area contributed by atoms with Crippen molar-refractivity contribution in [3.05, 3.63) is 0 Å². The summed E-state index contributed by atoms with van der Waals surface area (Å²) in [6.07, 6.45) is 3.49. The van der Waals surface area contributed by atoms with E-state index in [2.05, 4.69) is 5.32 Å². The number of nitrogens with one attached hydrogen (secondary N) is 1. The van der Waals surface area contributed by atoms with Gasteiger partial charge in [-0.25, -0.2) is 0 Å². The average molecular weight is 129 g/mol. The molecule has 1 aliphatic heterocycles. The van der Waals surface area contributed by atoms with Gasteiger partial charge in [-0.2, -0.15) is 0 Å². The molecule has 1 aliphatic rings. The first-order valence-electron chi connectivity index (χ1n) is 3.72. The van der Waals surface area contributed by atoms with Gasteiger partial charge in [0.05, 0.1) is 6.10 Å². The normalized spacial score (nSPS) is 32.0. The van der Waals surface area contributed by atoms with Gasteiger partial charge in [-0.1, -0.05) is 6.42 Å². The molecular formula is C7H15NO. The lowest BCUT2D eigenvalue weighted by molar-refractivity contribution is 0.130. The zero-order chi connectivity index (χ0) is 6.69. The first kappa shape index (κ1) is 7.03. The molecule has 2 nitrogen and oxygen atoms in total. The fraction of sp³-hybridized carbons (Fsp3) is 1.00. The van der Waals surface area contributed by atoms with Gasteiger partial charge >= 0.3 is 0 Å². The van der Waals surface area contributed by atoms with E-state index in [1.165, 1.54) is 12.8 Å². The molecule has 0 aromatic carbocycles. The van der Waals surface area contributed by atoms with Crippen LogP contribution in [0.4, 0.5) is 0 Å². The van der Waals surface area contributed by atoms with Crippen molar-refractivity contribution < 1.29 is 5.11 Å². The summed E-state index contributed by atoms with van der Waals surface area (Å²) in [5.41, 5.74) is 0. The molecule has 0 amide bonds. The predicted octanol–water partition coefficient (Wildman–Crippen LogP) is 0.509. The van der Waals surface area contributed by atoms with Crippen molar-refractivity contribution in [2.75, 3.05) is 6.54 Å². The lowest BCUT2D eigenvalue weighted by Gasteiger charge is -2.25. The van der Waals surface area contributed by atoms with Gasteiger partial charge in [-0.15, -0.1) is 0 Å². The van der Waals surface area contributed by atoms with Crippen LogP contribution in [-0.4, -0.2) is 23.8 Å². The summed E-state index contributed by atoms with van der Waals surface area (Å²) in [5, 5.41) is 12.4. The Labute approximate surface area is 56.3 Å². The third-order valence-corrected chi connectivity index (χ3v) is 1.93. The van der Waals surface area contributed by atoms with Crippen LogP contribution in [0.1, 0.15) is 26.2 Å². The third-order valence-electron chi connectivity index (χ3n) is 1.93. The van der Waals surface area contributed by atoms with Gasteiger partial charge in [0.2, 0.25) is 0 Å². The molecule has 1 heterocycles. The van der Waals surface area contributed by atoms with Crippen LogP contribution in [0.5, 0.6) is 0 Å². The molecule has 0 spiro atoms. The molecule has 9 heavy (non-hydrogen) atoms. The van der Waals surface area contributed by atoms with Gasteiger partial charge in [0.15, 0.2) is 0 Å². The summed E-state index contributed by atoms with van der Waals surface area (Å²) in [7, 11) is 0. The Bertz CT molecular complexity index is 77.0. The molecule has 1 rings (SSSR count). The van der Waals surface area contributed by atoms with Crippen LogP contribution in [0.3, 0.4) is 0 Å². The maximum Gasteiger partial charge on any atom is 0.0665 e. The Hall–Kier alpha value is -0.0800. The van der Waals surface area contributed by atoms with Gasteiger partial charge in [-0.05, 0) is 26.3 Å². The van der Waals surface area contributed by atoms with E-state index in [4.69, 9.17) is 5.11 Å². The van der Waals surface area contributed by atoms with E-state index in [1.807, 2.05) is 6.92 Å². The minimum atomic E-state index is -0.176. The second kappa shape index (κ2) is 3.18. The molecule has 2 atom stereocenters. The Morgan fingerprint density at radius 2 is 2.33 bits per heavy atom. The Morgan fingerprint density at radius 1 is 1.56 bits per heavy atom. The van der Waals surface area contributed by atoms with Crippen LogP contribution in [0.2, 0.25) is 0 Å². The molecule has 0 bridgehead atoms. The number of piperidine rings is 1. The van der Waals surface area contributed by atoms with E-state index in [0.717, 1.165) is 13.0 Å². The number of aliphatic hydroxyl groups excluding tert-OH is 1. The largest absolute Gasteiger partial charge is 0.392 e. The molecule has 0 aromatic heterocycles. The van der Waals surface area contributed by atoms with Crippen molar-refractivity contribution >= 4 is 0 Å². The number of aliphatic hydroxyl groups is 1. The maximum atomic E-state index is 9.11. The topological polar surface area (TPSA) is 32.3 Å². The number of hydrogen-bond donors (Lipinski definition) is 2. The van der Waals surface area contributed by atoms with E-state index >= 15 is 0 Å². The van der Waals surface area contributed by atoms with Crippen molar-refractivity contribution in [2.45, 2.75) is 38.3 Å². The minimum Gasteiger partial charge on any atom is -0.392 e. The Balaban J connectivity index is 2.23. The summed E-state index contributed by atoms with van der Waals surface area (Å²) in [6, 6.07) is 0.360. The van der Waals surface area contributed by atoms with Crippen LogP contribution >= 0.6 is 0 Å². The Morgan fingerprint density at radius 3 is 2.67 bits per heavy atom. The third kappa shape index (κ3) is 1.95. The highest BCUT2D eigenvalue weighted by Crippen LogP contribution is 2.09. The number of rotatable bonds is 1. The van der Waals surface area contributed by atoms with Crippen LogP contribution < -0.4 is 5.32 Å². The molecule has 2 N–H and O–H groups in total. The summed E-state index contributed by atoms with van der Waals surface area (Å²) in [4.78, 5) is 0.